The summed E-state index contributed by atoms with van der Waals surface area (Å²) in [6, 6.07) is 0. The highest BCUT2D eigenvalue weighted by atomic mass is 16.6. The third-order valence-corrected chi connectivity index (χ3v) is 11.3. The van der Waals surface area contributed by atoms with E-state index < -0.39 is 6.10 Å². The highest BCUT2D eigenvalue weighted by Crippen LogP contribution is 2.14. The molecule has 0 bridgehead atoms. The molecule has 0 aromatic carbocycles. The molecule has 1 atom stereocenters. The van der Waals surface area contributed by atoms with Crippen molar-refractivity contribution in [3.8, 4) is 0 Å². The van der Waals surface area contributed by atoms with Crippen LogP contribution in [0.15, 0.2) is 109 Å². The van der Waals surface area contributed by atoms with Gasteiger partial charge in [-0.25, -0.2) is 0 Å². The van der Waals surface area contributed by atoms with E-state index in [-0.39, 0.29) is 37.5 Å². The Morgan fingerprint density at radius 2 is 0.582 bits per heavy atom. The first-order valence-corrected chi connectivity index (χ1v) is 27.4. The maximum atomic E-state index is 12.8. The Hall–Kier alpha value is -3.93. The first-order valence-electron chi connectivity index (χ1n) is 27.4. The predicted molar refractivity (Wildman–Crippen MR) is 288 cm³/mol. The quantitative estimate of drug-likeness (QED) is 0.0262. The van der Waals surface area contributed by atoms with Crippen molar-refractivity contribution >= 4 is 17.9 Å². The topological polar surface area (TPSA) is 78.9 Å². The van der Waals surface area contributed by atoms with Gasteiger partial charge in [-0.15, -0.1) is 0 Å². The standard InChI is InChI=1S/C61H100O6/c1-4-7-10-13-16-19-22-25-27-29-30-32-34-37-40-43-46-49-52-55-61(64)67-58(56-65-59(62)53-50-47-44-41-38-35-24-21-18-15-12-9-6-3)57-66-60(63)54-51-48-45-42-39-36-33-31-28-26-23-20-17-14-11-8-5-2/h7-8,10-11,16-17,19-20,25-28,30,32-33,36-37,40,58H,4-6,9,12-15,18,21-24,29,31,34-35,38-39,41-57H2,1-3H3/b10-7-,11-8-,19-16-,20-17-,27-25-,28-26-,32-30-,36-33-,40-37-/t58-/m0/s1. The van der Waals surface area contributed by atoms with Crippen molar-refractivity contribution in [2.24, 2.45) is 0 Å². The molecule has 0 aliphatic heterocycles. The van der Waals surface area contributed by atoms with Crippen molar-refractivity contribution in [3.05, 3.63) is 109 Å². The molecule has 0 spiro atoms. The second-order valence-corrected chi connectivity index (χ2v) is 17.7. The number of esters is 3. The highest BCUT2D eigenvalue weighted by Gasteiger charge is 2.19. The number of allylic oxidation sites excluding steroid dienone is 18. The maximum Gasteiger partial charge on any atom is 0.306 e. The van der Waals surface area contributed by atoms with Gasteiger partial charge in [-0.3, -0.25) is 14.4 Å². The molecule has 0 fully saturated rings. The number of hydrogen-bond acceptors (Lipinski definition) is 6. The van der Waals surface area contributed by atoms with Gasteiger partial charge in [0, 0.05) is 19.3 Å². The number of carbonyl (C=O) groups excluding carboxylic acids is 3. The molecular weight excluding hydrogens is 829 g/mol. The van der Waals surface area contributed by atoms with Gasteiger partial charge in [0.15, 0.2) is 6.10 Å². The molecule has 0 saturated carbocycles. The smallest absolute Gasteiger partial charge is 0.306 e. The molecule has 0 aromatic heterocycles. The molecule has 0 aromatic rings. The van der Waals surface area contributed by atoms with Gasteiger partial charge in [0.05, 0.1) is 0 Å². The van der Waals surface area contributed by atoms with Crippen LogP contribution in [0.4, 0.5) is 0 Å². The van der Waals surface area contributed by atoms with Gasteiger partial charge in [0.2, 0.25) is 0 Å². The Morgan fingerprint density at radius 1 is 0.313 bits per heavy atom. The monoisotopic (exact) mass is 929 g/mol. The van der Waals surface area contributed by atoms with E-state index >= 15 is 0 Å². The minimum Gasteiger partial charge on any atom is -0.462 e. The van der Waals surface area contributed by atoms with E-state index in [4.69, 9.17) is 14.2 Å². The van der Waals surface area contributed by atoms with Crippen LogP contribution < -0.4 is 0 Å². The molecular formula is C61H100O6. The number of ether oxygens (including phenoxy) is 3. The molecule has 0 radical (unpaired) electrons. The van der Waals surface area contributed by atoms with Crippen LogP contribution in [-0.4, -0.2) is 37.2 Å². The van der Waals surface area contributed by atoms with Gasteiger partial charge in [-0.1, -0.05) is 226 Å². The average molecular weight is 929 g/mol. The Labute approximate surface area is 412 Å². The van der Waals surface area contributed by atoms with E-state index in [0.717, 1.165) is 135 Å². The molecule has 0 N–H and O–H groups in total. The fourth-order valence-corrected chi connectivity index (χ4v) is 7.22. The Bertz CT molecular complexity index is 1390. The van der Waals surface area contributed by atoms with Crippen LogP contribution in [0, 0.1) is 0 Å². The van der Waals surface area contributed by atoms with E-state index in [2.05, 4.69) is 130 Å². The minimum atomic E-state index is -0.806. The second-order valence-electron chi connectivity index (χ2n) is 17.7. The summed E-state index contributed by atoms with van der Waals surface area (Å²) >= 11 is 0. The lowest BCUT2D eigenvalue weighted by atomic mass is 10.0. The normalized spacial score (nSPS) is 12.9. The van der Waals surface area contributed by atoms with Crippen LogP contribution in [0.5, 0.6) is 0 Å². The van der Waals surface area contributed by atoms with Gasteiger partial charge < -0.3 is 14.2 Å². The number of unbranched alkanes of at least 4 members (excludes halogenated alkanes) is 19. The summed E-state index contributed by atoms with van der Waals surface area (Å²) in [7, 11) is 0. The fraction of sp³-hybridized carbons (Fsp3) is 0.656. The first kappa shape index (κ1) is 63.1. The molecule has 0 aliphatic carbocycles. The van der Waals surface area contributed by atoms with Gasteiger partial charge in [0.25, 0.3) is 0 Å². The number of hydrogen-bond donors (Lipinski definition) is 0. The summed E-state index contributed by atoms with van der Waals surface area (Å²) in [6.07, 6.45) is 73.6. The summed E-state index contributed by atoms with van der Waals surface area (Å²) in [5, 5.41) is 0. The van der Waals surface area contributed by atoms with Crippen molar-refractivity contribution in [1.29, 1.82) is 0 Å². The predicted octanol–water partition coefficient (Wildman–Crippen LogP) is 18.3. The third kappa shape index (κ3) is 52.9. The van der Waals surface area contributed by atoms with Crippen LogP contribution in [0.2, 0.25) is 0 Å². The Balaban J connectivity index is 4.50. The van der Waals surface area contributed by atoms with E-state index in [9.17, 15) is 14.4 Å². The summed E-state index contributed by atoms with van der Waals surface area (Å²) in [4.78, 5) is 38.1. The van der Waals surface area contributed by atoms with Crippen LogP contribution in [0.25, 0.3) is 0 Å². The molecule has 0 heterocycles. The van der Waals surface area contributed by atoms with Crippen LogP contribution in [0.3, 0.4) is 0 Å². The van der Waals surface area contributed by atoms with Gasteiger partial charge in [-0.2, -0.15) is 0 Å². The minimum absolute atomic E-state index is 0.0995. The number of carbonyl (C=O) groups is 3. The third-order valence-electron chi connectivity index (χ3n) is 11.3. The van der Waals surface area contributed by atoms with Gasteiger partial charge in [0.1, 0.15) is 13.2 Å². The lowest BCUT2D eigenvalue weighted by Gasteiger charge is -2.18. The maximum absolute atomic E-state index is 12.8. The summed E-state index contributed by atoms with van der Waals surface area (Å²) in [6.45, 7) is 6.36. The van der Waals surface area contributed by atoms with Crippen LogP contribution in [0.1, 0.15) is 239 Å². The SMILES string of the molecule is CC/C=C\C/C=C\C/C=C\C/C=C\C/C=C\CCCCCC(=O)O[C@H](COC(=O)CCCCCC/C=C\C/C=C\C/C=C\C/C=C\CC)COC(=O)CCCCCCCCCCCCCCC. The van der Waals surface area contributed by atoms with E-state index in [1.54, 1.807) is 0 Å². The Morgan fingerprint density at radius 3 is 0.925 bits per heavy atom. The number of rotatable bonds is 48. The lowest BCUT2D eigenvalue weighted by molar-refractivity contribution is -0.167. The second kappa shape index (κ2) is 54.7. The van der Waals surface area contributed by atoms with E-state index in [1.165, 1.54) is 64.2 Å². The van der Waals surface area contributed by atoms with Crippen molar-refractivity contribution < 1.29 is 28.6 Å². The molecule has 6 nitrogen and oxygen atoms in total. The largest absolute Gasteiger partial charge is 0.462 e. The van der Waals surface area contributed by atoms with Crippen LogP contribution >= 0.6 is 0 Å². The molecule has 6 heteroatoms. The first-order chi connectivity index (χ1) is 33.0. The Kier molecular flexibility index (Phi) is 51.5. The molecule has 0 rings (SSSR count). The summed E-state index contributed by atoms with van der Waals surface area (Å²) in [5.41, 5.74) is 0. The zero-order valence-electron chi connectivity index (χ0n) is 43.4. The van der Waals surface area contributed by atoms with Crippen molar-refractivity contribution in [3.63, 3.8) is 0 Å². The van der Waals surface area contributed by atoms with Crippen LogP contribution in [-0.2, 0) is 28.6 Å². The molecule has 0 saturated heterocycles. The zero-order chi connectivity index (χ0) is 48.6. The van der Waals surface area contributed by atoms with Gasteiger partial charge in [-0.05, 0) is 103 Å². The average Bonchev–Trinajstić information content (AvgIpc) is 3.33. The van der Waals surface area contributed by atoms with Gasteiger partial charge >= 0.3 is 17.9 Å². The molecule has 0 amide bonds. The van der Waals surface area contributed by atoms with Crippen molar-refractivity contribution in [2.45, 2.75) is 245 Å². The fourth-order valence-electron chi connectivity index (χ4n) is 7.22. The zero-order valence-corrected chi connectivity index (χ0v) is 43.4. The molecule has 380 valence electrons. The van der Waals surface area contributed by atoms with E-state index in [1.807, 2.05) is 0 Å². The highest BCUT2D eigenvalue weighted by molar-refractivity contribution is 5.71. The van der Waals surface area contributed by atoms with E-state index in [0.29, 0.717) is 12.8 Å². The molecule has 67 heavy (non-hydrogen) atoms. The molecule has 0 unspecified atom stereocenters. The lowest BCUT2D eigenvalue weighted by Crippen LogP contribution is -2.30. The molecule has 0 aliphatic rings. The summed E-state index contributed by atoms with van der Waals surface area (Å²) < 4.78 is 16.8. The summed E-state index contributed by atoms with van der Waals surface area (Å²) in [5.74, 6) is -0.958. The van der Waals surface area contributed by atoms with Crippen molar-refractivity contribution in [1.82, 2.24) is 0 Å². The van der Waals surface area contributed by atoms with Crippen molar-refractivity contribution in [2.75, 3.05) is 13.2 Å².